The number of hydrogen-bond donors (Lipinski definition) is 3. The van der Waals surface area contributed by atoms with E-state index in [1.807, 2.05) is 13.8 Å². The zero-order valence-electron chi connectivity index (χ0n) is 10.9. The number of hydrogen-bond acceptors (Lipinski definition) is 5. The van der Waals surface area contributed by atoms with E-state index in [2.05, 4.69) is 15.4 Å². The smallest absolute Gasteiger partial charge is 0.326 e. The number of carboxylic acid groups (broad SMARTS) is 1. The number of ether oxygens (including phenoxy) is 1. The number of carbonyl (C=O) groups excluding carboxylic acids is 2. The van der Waals surface area contributed by atoms with Crippen LogP contribution in [0.25, 0.3) is 0 Å². The van der Waals surface area contributed by atoms with Crippen LogP contribution in [0.2, 0.25) is 0 Å². The van der Waals surface area contributed by atoms with E-state index in [0.717, 1.165) is 0 Å². The molecule has 0 saturated carbocycles. The number of carboxylic acids is 1. The largest absolute Gasteiger partial charge is 0.480 e. The van der Waals surface area contributed by atoms with Crippen molar-refractivity contribution >= 4 is 17.8 Å². The van der Waals surface area contributed by atoms with Crippen LogP contribution < -0.4 is 10.6 Å². The molecule has 0 aromatic carbocycles. The number of esters is 1. The van der Waals surface area contributed by atoms with E-state index >= 15 is 0 Å². The first-order valence-electron chi connectivity index (χ1n) is 5.69. The van der Waals surface area contributed by atoms with E-state index in [1.54, 1.807) is 0 Å². The van der Waals surface area contributed by atoms with Gasteiger partial charge in [0.2, 0.25) is 5.91 Å². The average molecular weight is 260 g/mol. The van der Waals surface area contributed by atoms with Crippen LogP contribution in [0, 0.1) is 0 Å². The minimum atomic E-state index is -1.17. The molecule has 7 nitrogen and oxygen atoms in total. The van der Waals surface area contributed by atoms with Gasteiger partial charge in [-0.1, -0.05) is 13.8 Å². The fraction of sp³-hybridized carbons (Fsp3) is 0.727. The molecule has 0 fully saturated rings. The van der Waals surface area contributed by atoms with Crippen molar-refractivity contribution in [3.63, 3.8) is 0 Å². The lowest BCUT2D eigenvalue weighted by Gasteiger charge is -2.15. The Labute approximate surface area is 106 Å². The van der Waals surface area contributed by atoms with E-state index in [4.69, 9.17) is 5.11 Å². The van der Waals surface area contributed by atoms with Crippen molar-refractivity contribution in [2.75, 3.05) is 13.7 Å². The van der Waals surface area contributed by atoms with E-state index < -0.39 is 23.9 Å². The van der Waals surface area contributed by atoms with E-state index in [-0.39, 0.29) is 25.4 Å². The molecule has 1 atom stereocenters. The molecule has 0 rings (SSSR count). The summed E-state index contributed by atoms with van der Waals surface area (Å²) in [6, 6.07) is -0.945. The summed E-state index contributed by atoms with van der Waals surface area (Å²) in [6.07, 6.45) is -0.0409. The minimum absolute atomic E-state index is 0.00935. The quantitative estimate of drug-likeness (QED) is 0.508. The van der Waals surface area contributed by atoms with Crippen LogP contribution in [0.15, 0.2) is 0 Å². The molecule has 104 valence electrons. The van der Waals surface area contributed by atoms with Crippen molar-refractivity contribution in [3.8, 4) is 0 Å². The molecule has 0 aliphatic heterocycles. The topological polar surface area (TPSA) is 105 Å². The maximum atomic E-state index is 11.4. The van der Waals surface area contributed by atoms with Crippen LogP contribution in [0.4, 0.5) is 0 Å². The van der Waals surface area contributed by atoms with Gasteiger partial charge in [0.15, 0.2) is 0 Å². The highest BCUT2D eigenvalue weighted by Gasteiger charge is 2.20. The van der Waals surface area contributed by atoms with Crippen molar-refractivity contribution < 1.29 is 24.2 Å². The molecule has 0 aliphatic rings. The third kappa shape index (κ3) is 7.61. The van der Waals surface area contributed by atoms with Crippen molar-refractivity contribution in [1.29, 1.82) is 0 Å². The lowest BCUT2D eigenvalue weighted by Crippen LogP contribution is -2.45. The Morgan fingerprint density at radius 1 is 1.28 bits per heavy atom. The Kier molecular flexibility index (Phi) is 7.69. The summed E-state index contributed by atoms with van der Waals surface area (Å²) in [5, 5.41) is 14.1. The van der Waals surface area contributed by atoms with Crippen LogP contribution in [0.3, 0.4) is 0 Å². The average Bonchev–Trinajstić information content (AvgIpc) is 2.30. The third-order valence-electron chi connectivity index (χ3n) is 2.17. The summed E-state index contributed by atoms with van der Waals surface area (Å²) in [7, 11) is 1.23. The van der Waals surface area contributed by atoms with Crippen molar-refractivity contribution in [1.82, 2.24) is 10.6 Å². The summed E-state index contributed by atoms with van der Waals surface area (Å²) >= 11 is 0. The number of carbonyl (C=O) groups is 3. The highest BCUT2D eigenvalue weighted by atomic mass is 16.5. The molecule has 0 aromatic heterocycles. The van der Waals surface area contributed by atoms with Gasteiger partial charge in [0.25, 0.3) is 0 Å². The van der Waals surface area contributed by atoms with Gasteiger partial charge < -0.3 is 20.5 Å². The maximum Gasteiger partial charge on any atom is 0.326 e. The molecule has 0 spiro atoms. The summed E-state index contributed by atoms with van der Waals surface area (Å²) < 4.78 is 4.41. The molecule has 0 unspecified atom stereocenters. The highest BCUT2D eigenvalue weighted by molar-refractivity contribution is 5.85. The molecule has 18 heavy (non-hydrogen) atoms. The Balaban J connectivity index is 4.15. The van der Waals surface area contributed by atoms with Gasteiger partial charge in [-0.2, -0.15) is 0 Å². The third-order valence-corrected chi connectivity index (χ3v) is 2.17. The van der Waals surface area contributed by atoms with Gasteiger partial charge in [-0.25, -0.2) is 4.79 Å². The van der Waals surface area contributed by atoms with Crippen LogP contribution in [-0.2, 0) is 19.1 Å². The van der Waals surface area contributed by atoms with Gasteiger partial charge >= 0.3 is 11.9 Å². The number of amides is 1. The Bertz CT molecular complexity index is 304. The molecule has 1 amide bonds. The van der Waals surface area contributed by atoms with Crippen molar-refractivity contribution in [2.24, 2.45) is 0 Å². The minimum Gasteiger partial charge on any atom is -0.480 e. The number of aliphatic carboxylic acids is 1. The number of methoxy groups -OCH3 is 1. The number of nitrogens with one attached hydrogen (secondary N) is 2. The summed E-state index contributed by atoms with van der Waals surface area (Å²) in [5.74, 6) is -2.09. The maximum absolute atomic E-state index is 11.4. The first-order valence-corrected chi connectivity index (χ1v) is 5.69. The Morgan fingerprint density at radius 2 is 1.89 bits per heavy atom. The van der Waals surface area contributed by atoms with Gasteiger partial charge in [-0.15, -0.1) is 0 Å². The second-order valence-corrected chi connectivity index (χ2v) is 4.11. The predicted molar refractivity (Wildman–Crippen MR) is 64.0 cm³/mol. The lowest BCUT2D eigenvalue weighted by atomic mass is 10.1. The fourth-order valence-corrected chi connectivity index (χ4v) is 1.16. The van der Waals surface area contributed by atoms with Crippen molar-refractivity contribution in [2.45, 2.75) is 38.8 Å². The van der Waals surface area contributed by atoms with Gasteiger partial charge in [-0.3, -0.25) is 9.59 Å². The molecule has 0 radical (unpaired) electrons. The molecule has 0 aromatic rings. The first-order chi connectivity index (χ1) is 8.36. The second-order valence-electron chi connectivity index (χ2n) is 4.11. The van der Waals surface area contributed by atoms with Crippen LogP contribution >= 0.6 is 0 Å². The van der Waals surface area contributed by atoms with Crippen molar-refractivity contribution in [3.05, 3.63) is 0 Å². The zero-order valence-corrected chi connectivity index (χ0v) is 10.9. The summed E-state index contributed by atoms with van der Waals surface area (Å²) in [4.78, 5) is 33.2. The molecular weight excluding hydrogens is 240 g/mol. The van der Waals surface area contributed by atoms with E-state index in [0.29, 0.717) is 0 Å². The monoisotopic (exact) mass is 260 g/mol. The van der Waals surface area contributed by atoms with Crippen LogP contribution in [-0.4, -0.2) is 48.7 Å². The molecule has 0 saturated heterocycles. The Hall–Kier alpha value is -1.63. The molecule has 0 bridgehead atoms. The van der Waals surface area contributed by atoms with Gasteiger partial charge in [-0.05, 0) is 6.42 Å². The molecule has 0 heterocycles. The van der Waals surface area contributed by atoms with Crippen LogP contribution in [0.1, 0.15) is 26.7 Å². The number of rotatable bonds is 8. The van der Waals surface area contributed by atoms with Gasteiger partial charge in [0.05, 0.1) is 13.7 Å². The normalized spacial score (nSPS) is 12.0. The molecule has 3 N–H and O–H groups in total. The molecule has 7 heteroatoms. The summed E-state index contributed by atoms with van der Waals surface area (Å²) in [5.41, 5.74) is 0. The van der Waals surface area contributed by atoms with E-state index in [1.165, 1.54) is 7.11 Å². The van der Waals surface area contributed by atoms with Crippen LogP contribution in [0.5, 0.6) is 0 Å². The fourth-order valence-electron chi connectivity index (χ4n) is 1.16. The summed E-state index contributed by atoms with van der Waals surface area (Å²) in [6.45, 7) is 3.79. The Morgan fingerprint density at radius 3 is 2.33 bits per heavy atom. The molecular formula is C11H20N2O5. The predicted octanol–water partition coefficient (Wildman–Crippen LogP) is -0.493. The highest BCUT2D eigenvalue weighted by Crippen LogP contribution is 1.99. The SMILES string of the molecule is COC(=O)CC[C@@H](NC(=O)CNC(C)C)C(=O)O. The zero-order chi connectivity index (χ0) is 14.1. The standard InChI is InChI=1S/C11H20N2O5/c1-7(2)12-6-9(14)13-8(11(16)17)4-5-10(15)18-3/h7-8,12H,4-6H2,1-3H3,(H,13,14)(H,16,17)/t8-/m1/s1. The van der Waals surface area contributed by atoms with Gasteiger partial charge in [0.1, 0.15) is 6.04 Å². The van der Waals surface area contributed by atoms with E-state index in [9.17, 15) is 14.4 Å². The lowest BCUT2D eigenvalue weighted by molar-refractivity contribution is -0.144. The first kappa shape index (κ1) is 16.4. The second kappa shape index (κ2) is 8.46. The molecule has 0 aliphatic carbocycles. The van der Waals surface area contributed by atoms with Gasteiger partial charge in [0, 0.05) is 12.5 Å².